The molecule has 170 valence electrons. The van der Waals surface area contributed by atoms with Gasteiger partial charge in [0, 0.05) is 29.4 Å². The third-order valence-corrected chi connectivity index (χ3v) is 6.07. The number of carbonyl (C=O) groups is 2. The van der Waals surface area contributed by atoms with Crippen LogP contribution in [0.4, 0.5) is 5.69 Å². The Labute approximate surface area is 191 Å². The van der Waals surface area contributed by atoms with Crippen LogP contribution < -0.4 is 10.9 Å². The lowest BCUT2D eigenvalue weighted by atomic mass is 10.2. The highest BCUT2D eigenvalue weighted by Gasteiger charge is 2.18. The molecule has 0 aliphatic rings. The Morgan fingerprint density at radius 2 is 1.97 bits per heavy atom. The minimum Gasteiger partial charge on any atom is -0.483 e. The van der Waals surface area contributed by atoms with Gasteiger partial charge in [-0.25, -0.2) is 4.68 Å². The number of rotatable bonds is 4. The number of nitrogens with zero attached hydrogens (tertiary/aromatic N) is 5. The second-order valence-corrected chi connectivity index (χ2v) is 8.61. The zero-order valence-corrected chi connectivity index (χ0v) is 19.0. The van der Waals surface area contributed by atoms with Crippen LogP contribution in [0.5, 0.6) is 0 Å². The molecule has 1 amide bonds. The number of carbonyl (C=O) groups excluding carboxylic acids is 1. The molecule has 33 heavy (non-hydrogen) atoms. The maximum absolute atomic E-state index is 13.0. The number of hydrogen-bond donors (Lipinski definition) is 2. The number of aryl methyl sites for hydroxylation is 1. The molecule has 1 aromatic carbocycles. The predicted octanol–water partition coefficient (Wildman–Crippen LogP) is 3.06. The number of anilines is 1. The van der Waals surface area contributed by atoms with Crippen LogP contribution in [-0.4, -0.2) is 41.4 Å². The molecule has 0 saturated heterocycles. The highest BCUT2D eigenvalue weighted by Crippen LogP contribution is 2.26. The zero-order chi connectivity index (χ0) is 23.7. The number of aromatic nitrogens is 5. The first-order chi connectivity index (χ1) is 15.8. The minimum atomic E-state index is -0.307. The lowest BCUT2D eigenvalue weighted by Crippen LogP contribution is -2.32. The Kier molecular flexibility index (Phi) is 5.97. The van der Waals surface area contributed by atoms with Gasteiger partial charge in [0.05, 0.1) is 11.7 Å². The highest BCUT2D eigenvalue weighted by molar-refractivity contribution is 7.16. The molecule has 0 unspecified atom stereocenters. The average molecular weight is 467 g/mol. The maximum atomic E-state index is 13.0. The van der Waals surface area contributed by atoms with Gasteiger partial charge in [0.1, 0.15) is 22.7 Å². The highest BCUT2D eigenvalue weighted by atomic mass is 32.1. The van der Waals surface area contributed by atoms with E-state index in [4.69, 9.17) is 9.90 Å². The van der Waals surface area contributed by atoms with Crippen LogP contribution in [0.25, 0.3) is 26.6 Å². The summed E-state index contributed by atoms with van der Waals surface area (Å²) in [6.07, 6.45) is 1.77. The number of benzene rings is 1. The molecule has 4 aromatic heterocycles. The van der Waals surface area contributed by atoms with Crippen LogP contribution in [0.1, 0.15) is 25.6 Å². The topological polar surface area (TPSA) is 124 Å². The first-order valence-corrected chi connectivity index (χ1v) is 11.0. The van der Waals surface area contributed by atoms with Crippen molar-refractivity contribution in [3.63, 3.8) is 0 Å². The first-order valence-electron chi connectivity index (χ1n) is 10.1. The zero-order valence-electron chi connectivity index (χ0n) is 18.2. The van der Waals surface area contributed by atoms with Crippen molar-refractivity contribution < 1.29 is 14.7 Å². The maximum Gasteiger partial charge on any atom is 0.291 e. The van der Waals surface area contributed by atoms with Gasteiger partial charge in [-0.3, -0.25) is 23.5 Å². The van der Waals surface area contributed by atoms with Crippen LogP contribution >= 0.6 is 11.3 Å². The standard InChI is InChI=1S/C21H20N6O2S.CH2O2/c1-12(2)19-24-26(20(29)17-8-13-6-7-30-21(13)27(17)19)11-18(28)23-15-5-4-14-10-22-25(3)16(14)9-15;2-1-3/h4-10,12H,11H2,1-3H3,(H,23,28);1H,(H,2,3). The number of thiophene rings is 1. The molecule has 0 spiro atoms. The molecular formula is C22H22N6O4S. The number of amides is 1. The van der Waals surface area contributed by atoms with E-state index in [1.54, 1.807) is 22.2 Å². The predicted molar refractivity (Wildman–Crippen MR) is 127 cm³/mol. The van der Waals surface area contributed by atoms with Crippen molar-refractivity contribution in [1.82, 2.24) is 24.0 Å². The van der Waals surface area contributed by atoms with E-state index in [9.17, 15) is 9.59 Å². The van der Waals surface area contributed by atoms with Crippen molar-refractivity contribution in [3.05, 3.63) is 58.1 Å². The van der Waals surface area contributed by atoms with Crippen molar-refractivity contribution >= 4 is 56.0 Å². The Bertz CT molecular complexity index is 1540. The van der Waals surface area contributed by atoms with Gasteiger partial charge in [-0.05, 0) is 35.7 Å². The van der Waals surface area contributed by atoms with Crippen LogP contribution in [0.15, 0.2) is 46.7 Å². The van der Waals surface area contributed by atoms with E-state index in [0.29, 0.717) is 11.2 Å². The van der Waals surface area contributed by atoms with Gasteiger partial charge in [0.2, 0.25) is 5.91 Å². The number of hydrogen-bond acceptors (Lipinski definition) is 6. The number of nitrogens with one attached hydrogen (secondary N) is 1. The summed E-state index contributed by atoms with van der Waals surface area (Å²) < 4.78 is 4.92. The molecule has 4 heterocycles. The van der Waals surface area contributed by atoms with Gasteiger partial charge in [-0.2, -0.15) is 10.2 Å². The van der Waals surface area contributed by atoms with Crippen molar-refractivity contribution in [2.45, 2.75) is 26.3 Å². The van der Waals surface area contributed by atoms with E-state index in [0.717, 1.165) is 26.9 Å². The summed E-state index contributed by atoms with van der Waals surface area (Å²) in [6.45, 7) is 3.65. The molecule has 0 saturated carbocycles. The lowest BCUT2D eigenvalue weighted by Gasteiger charge is -2.13. The quantitative estimate of drug-likeness (QED) is 0.393. The van der Waals surface area contributed by atoms with Crippen LogP contribution in [0.2, 0.25) is 0 Å². The molecule has 2 N–H and O–H groups in total. The summed E-state index contributed by atoms with van der Waals surface area (Å²) >= 11 is 1.58. The van der Waals surface area contributed by atoms with E-state index < -0.39 is 0 Å². The van der Waals surface area contributed by atoms with E-state index in [2.05, 4.69) is 15.5 Å². The van der Waals surface area contributed by atoms with Crippen molar-refractivity contribution in [3.8, 4) is 0 Å². The van der Waals surface area contributed by atoms with Gasteiger partial charge in [-0.15, -0.1) is 11.3 Å². The monoisotopic (exact) mass is 466 g/mol. The molecule has 10 nitrogen and oxygen atoms in total. The van der Waals surface area contributed by atoms with Crippen molar-refractivity contribution in [2.75, 3.05) is 5.32 Å². The van der Waals surface area contributed by atoms with Gasteiger partial charge < -0.3 is 10.4 Å². The molecule has 0 atom stereocenters. The second-order valence-electron chi connectivity index (χ2n) is 7.72. The number of fused-ring (bicyclic) bond motifs is 4. The van der Waals surface area contributed by atoms with Gasteiger partial charge in [0.15, 0.2) is 0 Å². The first kappa shape index (κ1) is 22.2. The summed E-state index contributed by atoms with van der Waals surface area (Å²) in [5.74, 6) is 0.539. The van der Waals surface area contributed by atoms with E-state index in [-0.39, 0.29) is 30.4 Å². The minimum absolute atomic E-state index is 0.0901. The van der Waals surface area contributed by atoms with E-state index in [1.165, 1.54) is 4.68 Å². The van der Waals surface area contributed by atoms with E-state index >= 15 is 0 Å². The average Bonchev–Trinajstić information content (AvgIpc) is 3.46. The summed E-state index contributed by atoms with van der Waals surface area (Å²) in [6, 6.07) is 9.44. The smallest absolute Gasteiger partial charge is 0.291 e. The molecule has 0 aliphatic carbocycles. The van der Waals surface area contributed by atoms with Crippen molar-refractivity contribution in [1.29, 1.82) is 0 Å². The molecule has 5 rings (SSSR count). The van der Waals surface area contributed by atoms with Crippen LogP contribution in [-0.2, 0) is 23.2 Å². The molecular weight excluding hydrogens is 444 g/mol. The van der Waals surface area contributed by atoms with Crippen molar-refractivity contribution in [2.24, 2.45) is 7.05 Å². The SMILES string of the molecule is CC(C)c1nn(CC(=O)Nc2ccc3cnn(C)c3c2)c(=O)c2cc3ccsc3n12.O=CO. The fourth-order valence-corrected chi connectivity index (χ4v) is 4.60. The fraction of sp³-hybridized carbons (Fsp3) is 0.227. The fourth-order valence-electron chi connectivity index (χ4n) is 3.69. The Morgan fingerprint density at radius 3 is 2.70 bits per heavy atom. The third-order valence-electron chi connectivity index (χ3n) is 5.16. The Morgan fingerprint density at radius 1 is 1.21 bits per heavy atom. The normalized spacial score (nSPS) is 11.2. The molecule has 0 fully saturated rings. The van der Waals surface area contributed by atoms with Gasteiger partial charge in [0.25, 0.3) is 12.0 Å². The molecule has 11 heteroatoms. The molecule has 0 bridgehead atoms. The van der Waals surface area contributed by atoms with Crippen LogP contribution in [0.3, 0.4) is 0 Å². The summed E-state index contributed by atoms with van der Waals surface area (Å²) in [4.78, 5) is 35.1. The number of carboxylic acid groups (broad SMARTS) is 1. The molecule has 0 radical (unpaired) electrons. The van der Waals surface area contributed by atoms with E-state index in [1.807, 2.05) is 61.0 Å². The third kappa shape index (κ3) is 4.10. The molecule has 0 aliphatic heterocycles. The Balaban J connectivity index is 0.000000821. The largest absolute Gasteiger partial charge is 0.483 e. The summed E-state index contributed by atoms with van der Waals surface area (Å²) in [5.41, 5.74) is 1.83. The second kappa shape index (κ2) is 8.87. The summed E-state index contributed by atoms with van der Waals surface area (Å²) in [7, 11) is 1.85. The van der Waals surface area contributed by atoms with Crippen LogP contribution in [0, 0.1) is 0 Å². The molecule has 5 aromatic rings. The lowest BCUT2D eigenvalue weighted by molar-refractivity contribution is -0.123. The van der Waals surface area contributed by atoms with Gasteiger partial charge in [-0.1, -0.05) is 13.8 Å². The summed E-state index contributed by atoms with van der Waals surface area (Å²) in [5, 5.41) is 22.5. The Hall–Kier alpha value is -3.99. The van der Waals surface area contributed by atoms with Gasteiger partial charge >= 0.3 is 0 Å².